The van der Waals surface area contributed by atoms with Crippen LogP contribution >= 0.6 is 0 Å². The van der Waals surface area contributed by atoms with Crippen LogP contribution < -0.4 is 5.32 Å². The predicted molar refractivity (Wildman–Crippen MR) is 175 cm³/mol. The summed E-state index contributed by atoms with van der Waals surface area (Å²) in [5, 5.41) is 13.0. The third-order valence-corrected chi connectivity index (χ3v) is 7.76. The van der Waals surface area contributed by atoms with Crippen molar-refractivity contribution in [3.8, 4) is 0 Å². The van der Waals surface area contributed by atoms with Crippen LogP contribution in [-0.4, -0.2) is 41.9 Å². The molecule has 2 atom stereocenters. The molecule has 0 rings (SSSR count). The average Bonchev–Trinajstić information content (AvgIpc) is 2.92. The number of carbonyl (C=O) groups excluding carboxylic acids is 1. The zero-order chi connectivity index (χ0) is 30.4. The van der Waals surface area contributed by atoms with Crippen LogP contribution in [0, 0.1) is 0 Å². The van der Waals surface area contributed by atoms with Gasteiger partial charge in [0.1, 0.15) is 0 Å². The molecule has 0 spiro atoms. The Labute approximate surface area is 252 Å². The molecule has 0 aromatic rings. The Kier molecular flexibility index (Phi) is 27.2. The summed E-state index contributed by atoms with van der Waals surface area (Å²) in [5.41, 5.74) is 0. The molecule has 3 N–H and O–H groups in total. The van der Waals surface area contributed by atoms with Crippen molar-refractivity contribution in [3.63, 3.8) is 0 Å². The molecule has 0 aromatic carbocycles. The van der Waals surface area contributed by atoms with E-state index in [9.17, 15) is 22.9 Å². The van der Waals surface area contributed by atoms with Crippen molar-refractivity contribution in [2.24, 2.45) is 0 Å². The van der Waals surface area contributed by atoms with Gasteiger partial charge < -0.3 is 10.4 Å². The highest BCUT2D eigenvalue weighted by Gasteiger charge is 2.24. The Balaban J connectivity index is 4.00. The summed E-state index contributed by atoms with van der Waals surface area (Å²) in [4.78, 5) is 12.4. The lowest BCUT2D eigenvalue weighted by molar-refractivity contribution is -0.122. The molecule has 0 fully saturated rings. The molecule has 0 aliphatic carbocycles. The molecule has 1 amide bonds. The third kappa shape index (κ3) is 29.6. The quantitative estimate of drug-likeness (QED) is 0.0476. The number of unbranched alkanes of at least 4 members (excludes halogenated alkanes) is 14. The summed E-state index contributed by atoms with van der Waals surface area (Å²) in [5.74, 6) is -1.02. The van der Waals surface area contributed by atoms with E-state index in [-0.39, 0.29) is 12.3 Å². The van der Waals surface area contributed by atoms with Crippen LogP contribution in [-0.2, 0) is 14.9 Å². The predicted octanol–water partition coefficient (Wildman–Crippen LogP) is 8.79. The zero-order valence-electron chi connectivity index (χ0n) is 26.2. The molecular formula is C34H61NO5S. The molecule has 0 aliphatic rings. The van der Waals surface area contributed by atoms with Crippen molar-refractivity contribution in [2.45, 2.75) is 154 Å². The van der Waals surface area contributed by atoms with Gasteiger partial charge in [-0.2, -0.15) is 8.42 Å². The summed E-state index contributed by atoms with van der Waals surface area (Å²) in [6.07, 6.45) is 36.8. The maximum absolute atomic E-state index is 12.4. The van der Waals surface area contributed by atoms with Gasteiger partial charge in [-0.25, -0.2) is 0 Å². The molecule has 6 nitrogen and oxygen atoms in total. The van der Waals surface area contributed by atoms with Crippen molar-refractivity contribution in [1.29, 1.82) is 0 Å². The van der Waals surface area contributed by atoms with Crippen molar-refractivity contribution in [3.05, 3.63) is 48.6 Å². The van der Waals surface area contributed by atoms with Gasteiger partial charge in [0.25, 0.3) is 10.1 Å². The molecular weight excluding hydrogens is 534 g/mol. The number of hydrogen-bond acceptors (Lipinski definition) is 4. The summed E-state index contributed by atoms with van der Waals surface area (Å²) >= 11 is 0. The van der Waals surface area contributed by atoms with Gasteiger partial charge in [0, 0.05) is 6.42 Å². The van der Waals surface area contributed by atoms with E-state index >= 15 is 0 Å². The lowest BCUT2D eigenvalue weighted by atomic mass is 10.1. The molecule has 2 unspecified atom stereocenters. The molecule has 0 radical (unpaired) electrons. The minimum absolute atomic E-state index is 0.277. The van der Waals surface area contributed by atoms with Gasteiger partial charge in [0.05, 0.1) is 17.9 Å². The Bertz CT molecular complexity index is 832. The minimum Gasteiger partial charge on any atom is -0.387 e. The first kappa shape index (κ1) is 39.3. The Morgan fingerprint density at radius 3 is 1.76 bits per heavy atom. The first-order valence-electron chi connectivity index (χ1n) is 16.3. The number of hydrogen-bond donors (Lipinski definition) is 3. The number of allylic oxidation sites excluding steroid dienone is 7. The van der Waals surface area contributed by atoms with Crippen molar-refractivity contribution in [1.82, 2.24) is 5.32 Å². The SMILES string of the molecule is CCCC/C=C/CC/C=C/C(O)C(CS(=O)(=O)O)NC(=O)CCCCCCCCC/C=C\C/C=C\CCCCCC. The lowest BCUT2D eigenvalue weighted by Crippen LogP contribution is -2.46. The summed E-state index contributed by atoms with van der Waals surface area (Å²) in [6.45, 7) is 4.39. The van der Waals surface area contributed by atoms with Crippen LogP contribution in [0.4, 0.5) is 0 Å². The molecule has 0 heterocycles. The van der Waals surface area contributed by atoms with Gasteiger partial charge in [-0.3, -0.25) is 9.35 Å². The fraction of sp³-hybridized carbons (Fsp3) is 0.735. The van der Waals surface area contributed by atoms with Crippen LogP contribution in [0.25, 0.3) is 0 Å². The van der Waals surface area contributed by atoms with E-state index in [1.807, 2.05) is 0 Å². The van der Waals surface area contributed by atoms with Crippen LogP contribution in [0.15, 0.2) is 48.6 Å². The summed E-state index contributed by atoms with van der Waals surface area (Å²) < 4.78 is 32.1. The zero-order valence-corrected chi connectivity index (χ0v) is 27.0. The van der Waals surface area contributed by atoms with Crippen LogP contribution in [0.1, 0.15) is 142 Å². The molecule has 0 bridgehead atoms. The molecule has 0 aromatic heterocycles. The molecule has 0 saturated carbocycles. The average molecular weight is 596 g/mol. The number of rotatable bonds is 28. The Hall–Kier alpha value is -1.70. The number of nitrogens with one attached hydrogen (secondary N) is 1. The largest absolute Gasteiger partial charge is 0.387 e. The van der Waals surface area contributed by atoms with E-state index in [0.717, 1.165) is 64.2 Å². The number of amides is 1. The third-order valence-electron chi connectivity index (χ3n) is 6.98. The van der Waals surface area contributed by atoms with Crippen molar-refractivity contribution in [2.75, 3.05) is 5.75 Å². The molecule has 238 valence electrons. The first-order chi connectivity index (χ1) is 19.8. The van der Waals surface area contributed by atoms with Crippen LogP contribution in [0.2, 0.25) is 0 Å². The first-order valence-corrected chi connectivity index (χ1v) is 17.9. The highest BCUT2D eigenvalue weighted by molar-refractivity contribution is 7.85. The van der Waals surface area contributed by atoms with E-state index in [0.29, 0.717) is 6.42 Å². The van der Waals surface area contributed by atoms with Gasteiger partial charge in [-0.05, 0) is 57.8 Å². The van der Waals surface area contributed by atoms with Crippen molar-refractivity contribution >= 4 is 16.0 Å². The van der Waals surface area contributed by atoms with Gasteiger partial charge in [0.15, 0.2) is 0 Å². The summed E-state index contributed by atoms with van der Waals surface area (Å²) in [7, 11) is -4.34. The molecule has 0 aliphatic heterocycles. The Morgan fingerprint density at radius 1 is 0.659 bits per heavy atom. The van der Waals surface area contributed by atoms with E-state index in [1.165, 1.54) is 57.4 Å². The van der Waals surface area contributed by atoms with Gasteiger partial charge in [-0.15, -0.1) is 0 Å². The van der Waals surface area contributed by atoms with E-state index in [1.54, 1.807) is 6.08 Å². The Morgan fingerprint density at radius 2 is 1.15 bits per heavy atom. The second-order valence-corrected chi connectivity index (χ2v) is 12.6. The summed E-state index contributed by atoms with van der Waals surface area (Å²) in [6, 6.07) is -1.07. The van der Waals surface area contributed by atoms with E-state index in [4.69, 9.17) is 0 Å². The highest BCUT2D eigenvalue weighted by Crippen LogP contribution is 2.11. The van der Waals surface area contributed by atoms with Gasteiger partial charge >= 0.3 is 0 Å². The fourth-order valence-corrected chi connectivity index (χ4v) is 5.21. The number of aliphatic hydroxyl groups excluding tert-OH is 1. The molecule has 0 saturated heterocycles. The maximum atomic E-state index is 12.4. The highest BCUT2D eigenvalue weighted by atomic mass is 32.2. The number of aliphatic hydroxyl groups is 1. The second-order valence-electron chi connectivity index (χ2n) is 11.1. The van der Waals surface area contributed by atoms with Crippen LogP contribution in [0.3, 0.4) is 0 Å². The van der Waals surface area contributed by atoms with E-state index < -0.39 is 28.0 Å². The minimum atomic E-state index is -4.34. The van der Waals surface area contributed by atoms with Crippen LogP contribution in [0.5, 0.6) is 0 Å². The maximum Gasteiger partial charge on any atom is 0.267 e. The molecule has 41 heavy (non-hydrogen) atoms. The van der Waals surface area contributed by atoms with E-state index in [2.05, 4.69) is 55.6 Å². The standard InChI is InChI=1S/C34H61NO5S/c1-3-5-7-9-11-13-14-15-16-17-18-19-20-21-22-24-26-28-30-34(37)35-32(31-41(38,39)40)33(36)29-27-25-23-12-10-8-6-4-2/h10,12-14,16-17,27,29,32-33,36H,3-9,11,15,18-26,28,30-31H2,1-2H3,(H,35,37)(H,38,39,40)/b12-10+,14-13-,17-16-,29-27+. The fourth-order valence-electron chi connectivity index (χ4n) is 4.48. The monoisotopic (exact) mass is 595 g/mol. The number of carbonyl (C=O) groups is 1. The molecule has 7 heteroatoms. The normalized spacial score (nSPS) is 14.1. The smallest absolute Gasteiger partial charge is 0.267 e. The van der Waals surface area contributed by atoms with Crippen molar-refractivity contribution < 1.29 is 22.9 Å². The topological polar surface area (TPSA) is 104 Å². The lowest BCUT2D eigenvalue weighted by Gasteiger charge is -2.21. The second kappa shape index (κ2) is 28.4. The van der Waals surface area contributed by atoms with Gasteiger partial charge in [0.2, 0.25) is 5.91 Å². The van der Waals surface area contributed by atoms with Gasteiger partial charge in [-0.1, -0.05) is 127 Å².